The molecule has 2 aromatic rings. The van der Waals surface area contributed by atoms with Gasteiger partial charge in [0.25, 0.3) is 0 Å². The molecule has 2 rings (SSSR count). The molecular weight excluding hydrogens is 264 g/mol. The van der Waals surface area contributed by atoms with Crippen LogP contribution in [-0.2, 0) is 16.1 Å². The Bertz CT molecular complexity index is 558. The summed E-state index contributed by atoms with van der Waals surface area (Å²) in [5.74, 6) is -0.116. The maximum Gasteiger partial charge on any atom is 0.249 e. The normalized spacial score (nSPS) is 13.4. The van der Waals surface area contributed by atoms with Gasteiger partial charge in [0.2, 0.25) is 5.91 Å². The molecule has 0 radical (unpaired) electrons. The van der Waals surface area contributed by atoms with Crippen LogP contribution < -0.4 is 5.32 Å². The van der Waals surface area contributed by atoms with E-state index in [1.165, 1.54) is 0 Å². The van der Waals surface area contributed by atoms with Crippen molar-refractivity contribution in [1.29, 1.82) is 0 Å². The Kier molecular flexibility index (Phi) is 5.46. The molecule has 4 nitrogen and oxygen atoms in total. The summed E-state index contributed by atoms with van der Waals surface area (Å²) in [5.41, 5.74) is 2.08. The number of ether oxygens (including phenoxy) is 1. The van der Waals surface area contributed by atoms with E-state index in [2.05, 4.69) is 10.3 Å². The summed E-state index contributed by atoms with van der Waals surface area (Å²) in [4.78, 5) is 16.1. The Labute approximate surface area is 125 Å². The summed E-state index contributed by atoms with van der Waals surface area (Å²) in [5, 5.41) is 2.94. The predicted molar refractivity (Wildman–Crippen MR) is 81.5 cm³/mol. The van der Waals surface area contributed by atoms with Crippen LogP contribution in [0.15, 0.2) is 54.9 Å². The lowest BCUT2D eigenvalue weighted by Crippen LogP contribution is -2.36. The molecule has 0 aliphatic carbocycles. The van der Waals surface area contributed by atoms with E-state index < -0.39 is 6.10 Å². The molecule has 1 aromatic heterocycles. The Balaban J connectivity index is 1.82. The molecule has 0 aliphatic rings. The molecule has 0 aliphatic heterocycles. The lowest BCUT2D eigenvalue weighted by molar-refractivity contribution is -0.133. The van der Waals surface area contributed by atoms with Crippen LogP contribution in [0.4, 0.5) is 0 Å². The highest BCUT2D eigenvalue weighted by Crippen LogP contribution is 2.11. The number of carbonyl (C=O) groups excluding carboxylic acids is 1. The van der Waals surface area contributed by atoms with Crippen LogP contribution in [0.1, 0.15) is 31.0 Å². The fourth-order valence-corrected chi connectivity index (χ4v) is 1.94. The van der Waals surface area contributed by atoms with Gasteiger partial charge in [-0.05, 0) is 37.1 Å². The van der Waals surface area contributed by atoms with Crippen molar-refractivity contribution in [3.8, 4) is 0 Å². The maximum absolute atomic E-state index is 12.1. The van der Waals surface area contributed by atoms with Crippen LogP contribution in [0.25, 0.3) is 0 Å². The molecule has 2 atom stereocenters. The highest BCUT2D eigenvalue weighted by atomic mass is 16.5. The van der Waals surface area contributed by atoms with Crippen molar-refractivity contribution in [3.63, 3.8) is 0 Å². The van der Waals surface area contributed by atoms with Gasteiger partial charge in [0.15, 0.2) is 0 Å². The lowest BCUT2D eigenvalue weighted by Gasteiger charge is -2.18. The van der Waals surface area contributed by atoms with Gasteiger partial charge < -0.3 is 10.1 Å². The van der Waals surface area contributed by atoms with Crippen molar-refractivity contribution in [2.75, 3.05) is 0 Å². The molecule has 0 spiro atoms. The van der Waals surface area contributed by atoms with E-state index in [1.807, 2.05) is 49.4 Å². The summed E-state index contributed by atoms with van der Waals surface area (Å²) in [6.07, 6.45) is 2.94. The van der Waals surface area contributed by atoms with Crippen LogP contribution in [0.5, 0.6) is 0 Å². The largest absolute Gasteiger partial charge is 0.364 e. The van der Waals surface area contributed by atoms with E-state index in [9.17, 15) is 4.79 Å². The number of carbonyl (C=O) groups is 1. The Morgan fingerprint density at radius 3 is 2.48 bits per heavy atom. The first-order valence-electron chi connectivity index (χ1n) is 7.02. The first-order valence-corrected chi connectivity index (χ1v) is 7.02. The number of aromatic nitrogens is 1. The number of nitrogens with one attached hydrogen (secondary N) is 1. The third-order valence-electron chi connectivity index (χ3n) is 3.28. The average Bonchev–Trinajstić information content (AvgIpc) is 2.54. The van der Waals surface area contributed by atoms with Gasteiger partial charge >= 0.3 is 0 Å². The van der Waals surface area contributed by atoms with Gasteiger partial charge in [-0.1, -0.05) is 30.3 Å². The second-order valence-corrected chi connectivity index (χ2v) is 4.95. The number of pyridine rings is 1. The number of nitrogens with zero attached hydrogens (tertiary/aromatic N) is 1. The summed E-state index contributed by atoms with van der Waals surface area (Å²) >= 11 is 0. The average molecular weight is 284 g/mol. The Hall–Kier alpha value is -2.20. The second-order valence-electron chi connectivity index (χ2n) is 4.95. The summed E-state index contributed by atoms with van der Waals surface area (Å²) in [6, 6.07) is 13.5. The fraction of sp³-hybridized carbons (Fsp3) is 0.294. The SMILES string of the molecule is C[C@H](OCc1ccccc1)C(=O)N[C@H](C)c1ccncc1. The van der Waals surface area contributed by atoms with Crippen molar-refractivity contribution >= 4 is 5.91 Å². The predicted octanol–water partition coefficient (Wildman–Crippen LogP) is 2.86. The van der Waals surface area contributed by atoms with Gasteiger partial charge in [-0.3, -0.25) is 9.78 Å². The monoisotopic (exact) mass is 284 g/mol. The number of hydrogen-bond acceptors (Lipinski definition) is 3. The molecule has 110 valence electrons. The Morgan fingerprint density at radius 2 is 1.81 bits per heavy atom. The van der Waals surface area contributed by atoms with E-state index in [0.717, 1.165) is 11.1 Å². The zero-order valence-electron chi connectivity index (χ0n) is 12.3. The molecule has 0 fully saturated rings. The van der Waals surface area contributed by atoms with Gasteiger partial charge in [-0.25, -0.2) is 0 Å². The first kappa shape index (κ1) is 15.2. The van der Waals surface area contributed by atoms with Gasteiger partial charge in [0.1, 0.15) is 6.10 Å². The standard InChI is InChI=1S/C17H20N2O2/c1-13(16-8-10-18-11-9-16)19-17(20)14(2)21-12-15-6-4-3-5-7-15/h3-11,13-14H,12H2,1-2H3,(H,19,20)/t13-,14+/m1/s1. The molecule has 4 heteroatoms. The summed E-state index contributed by atoms with van der Waals surface area (Å²) in [7, 11) is 0. The van der Waals surface area contributed by atoms with Crippen molar-refractivity contribution in [2.24, 2.45) is 0 Å². The second kappa shape index (κ2) is 7.55. The minimum Gasteiger partial charge on any atom is -0.364 e. The van der Waals surface area contributed by atoms with Crippen LogP contribution in [0.2, 0.25) is 0 Å². The molecule has 1 amide bonds. The minimum absolute atomic E-state index is 0.0664. The molecule has 0 bridgehead atoms. The van der Waals surface area contributed by atoms with Gasteiger partial charge in [-0.15, -0.1) is 0 Å². The smallest absolute Gasteiger partial charge is 0.249 e. The molecule has 0 saturated heterocycles. The lowest BCUT2D eigenvalue weighted by atomic mass is 10.1. The van der Waals surface area contributed by atoms with Gasteiger partial charge in [0, 0.05) is 12.4 Å². The third kappa shape index (κ3) is 4.68. The quantitative estimate of drug-likeness (QED) is 0.887. The molecule has 0 unspecified atom stereocenters. The number of rotatable bonds is 6. The summed E-state index contributed by atoms with van der Waals surface area (Å²) in [6.45, 7) is 4.13. The van der Waals surface area contributed by atoms with Crippen molar-refractivity contribution in [3.05, 3.63) is 66.0 Å². The molecule has 1 heterocycles. The van der Waals surface area contributed by atoms with Crippen LogP contribution in [0, 0.1) is 0 Å². The summed E-state index contributed by atoms with van der Waals surface area (Å²) < 4.78 is 5.60. The zero-order chi connectivity index (χ0) is 15.1. The van der Waals surface area contributed by atoms with E-state index in [-0.39, 0.29) is 11.9 Å². The minimum atomic E-state index is -0.491. The van der Waals surface area contributed by atoms with Crippen LogP contribution >= 0.6 is 0 Å². The number of benzene rings is 1. The van der Waals surface area contributed by atoms with Crippen LogP contribution in [-0.4, -0.2) is 17.0 Å². The number of amides is 1. The highest BCUT2D eigenvalue weighted by Gasteiger charge is 2.16. The van der Waals surface area contributed by atoms with E-state index in [4.69, 9.17) is 4.74 Å². The van der Waals surface area contributed by atoms with E-state index in [0.29, 0.717) is 6.61 Å². The topological polar surface area (TPSA) is 51.2 Å². The van der Waals surface area contributed by atoms with Crippen molar-refractivity contribution in [1.82, 2.24) is 10.3 Å². The fourth-order valence-electron chi connectivity index (χ4n) is 1.94. The van der Waals surface area contributed by atoms with Crippen molar-refractivity contribution < 1.29 is 9.53 Å². The molecule has 21 heavy (non-hydrogen) atoms. The van der Waals surface area contributed by atoms with Gasteiger partial charge in [-0.2, -0.15) is 0 Å². The molecule has 1 N–H and O–H groups in total. The zero-order valence-corrected chi connectivity index (χ0v) is 12.3. The van der Waals surface area contributed by atoms with E-state index >= 15 is 0 Å². The van der Waals surface area contributed by atoms with Crippen LogP contribution in [0.3, 0.4) is 0 Å². The molecule has 0 saturated carbocycles. The highest BCUT2D eigenvalue weighted by molar-refractivity contribution is 5.80. The first-order chi connectivity index (χ1) is 10.2. The van der Waals surface area contributed by atoms with Gasteiger partial charge in [0.05, 0.1) is 12.6 Å². The van der Waals surface area contributed by atoms with Crippen molar-refractivity contribution in [2.45, 2.75) is 32.6 Å². The molecule has 1 aromatic carbocycles. The maximum atomic E-state index is 12.1. The molecular formula is C17H20N2O2. The van der Waals surface area contributed by atoms with E-state index in [1.54, 1.807) is 19.3 Å². The Morgan fingerprint density at radius 1 is 1.14 bits per heavy atom. The third-order valence-corrected chi connectivity index (χ3v) is 3.28. The number of hydrogen-bond donors (Lipinski definition) is 1.